The first kappa shape index (κ1) is 19.6. The fourth-order valence-electron chi connectivity index (χ4n) is 3.51. The van der Waals surface area contributed by atoms with Crippen LogP contribution < -0.4 is 10.1 Å². The van der Waals surface area contributed by atoms with Crippen LogP contribution >= 0.6 is 11.8 Å². The van der Waals surface area contributed by atoms with E-state index in [0.717, 1.165) is 29.4 Å². The summed E-state index contributed by atoms with van der Waals surface area (Å²) in [7, 11) is 0. The number of ether oxygens (including phenoxy) is 1. The van der Waals surface area contributed by atoms with Crippen LogP contribution in [0.2, 0.25) is 0 Å². The molecule has 0 radical (unpaired) electrons. The number of nitrogens with one attached hydrogen (secondary N) is 1. The molecule has 0 bridgehead atoms. The normalized spacial score (nSPS) is 13.0. The Hall–Kier alpha value is -2.73. The zero-order valence-corrected chi connectivity index (χ0v) is 17.2. The summed E-state index contributed by atoms with van der Waals surface area (Å²) in [4.78, 5) is 17.2. The Labute approximate surface area is 175 Å². The molecule has 3 aromatic rings. The average Bonchev–Trinajstić information content (AvgIpc) is 3.15. The number of fused-ring (bicyclic) bond motifs is 1. The smallest absolute Gasteiger partial charge is 0.230 e. The highest BCUT2D eigenvalue weighted by molar-refractivity contribution is 7.99. The van der Waals surface area contributed by atoms with Gasteiger partial charge in [-0.2, -0.15) is 0 Å². The monoisotopic (exact) mass is 407 g/mol. The number of aryl methyl sites for hydroxylation is 1. The lowest BCUT2D eigenvalue weighted by atomic mass is 10.0. The second-order valence-electron chi connectivity index (χ2n) is 6.97. The van der Waals surface area contributed by atoms with E-state index in [0.29, 0.717) is 18.9 Å². The summed E-state index contributed by atoms with van der Waals surface area (Å²) in [6.45, 7) is 0.936. The van der Waals surface area contributed by atoms with Crippen molar-refractivity contribution in [3.8, 4) is 11.4 Å². The third-order valence-corrected chi connectivity index (χ3v) is 5.82. The van der Waals surface area contributed by atoms with Crippen LogP contribution in [0.1, 0.15) is 24.2 Å². The molecule has 0 aliphatic heterocycles. The van der Waals surface area contributed by atoms with E-state index in [-0.39, 0.29) is 5.91 Å². The van der Waals surface area contributed by atoms with E-state index < -0.39 is 0 Å². The summed E-state index contributed by atoms with van der Waals surface area (Å²) >= 11 is 1.50. The Morgan fingerprint density at radius 1 is 1.03 bits per heavy atom. The number of hydrogen-bond donors (Lipinski definition) is 1. The van der Waals surface area contributed by atoms with Crippen LogP contribution in [0, 0.1) is 0 Å². The van der Waals surface area contributed by atoms with Crippen molar-refractivity contribution in [2.75, 3.05) is 18.9 Å². The first-order valence-corrected chi connectivity index (χ1v) is 11.0. The van der Waals surface area contributed by atoms with Crippen molar-refractivity contribution >= 4 is 17.7 Å². The number of rotatable bonds is 8. The van der Waals surface area contributed by atoms with Gasteiger partial charge in [-0.15, -0.1) is 0 Å². The summed E-state index contributed by atoms with van der Waals surface area (Å²) in [5, 5.41) is 3.82. The third-order valence-electron chi connectivity index (χ3n) is 4.89. The van der Waals surface area contributed by atoms with Gasteiger partial charge in [0.25, 0.3) is 0 Å². The Kier molecular flexibility index (Phi) is 6.52. The molecule has 0 unspecified atom stereocenters. The van der Waals surface area contributed by atoms with Crippen molar-refractivity contribution < 1.29 is 9.53 Å². The quantitative estimate of drug-likeness (QED) is 0.452. The van der Waals surface area contributed by atoms with Gasteiger partial charge in [0, 0.05) is 11.4 Å². The number of carbonyl (C=O) groups excluding carboxylic acids is 1. The van der Waals surface area contributed by atoms with Crippen LogP contribution in [0.15, 0.2) is 65.8 Å². The number of hydrogen-bond acceptors (Lipinski definition) is 4. The van der Waals surface area contributed by atoms with Crippen molar-refractivity contribution in [2.24, 2.45) is 0 Å². The van der Waals surface area contributed by atoms with Crippen LogP contribution in [0.4, 0.5) is 0 Å². The number of amides is 1. The summed E-state index contributed by atoms with van der Waals surface area (Å²) in [6.07, 6.45) is 4.44. The van der Waals surface area contributed by atoms with Crippen molar-refractivity contribution in [3.63, 3.8) is 0 Å². The molecule has 0 fully saturated rings. The fourth-order valence-corrected chi connectivity index (χ4v) is 4.39. The molecule has 6 heteroatoms. The van der Waals surface area contributed by atoms with Gasteiger partial charge in [0.1, 0.15) is 12.4 Å². The van der Waals surface area contributed by atoms with Gasteiger partial charge in [-0.3, -0.25) is 9.36 Å². The maximum atomic E-state index is 12.3. The molecule has 2 aromatic carbocycles. The van der Waals surface area contributed by atoms with E-state index in [1.165, 1.54) is 36.0 Å². The maximum absolute atomic E-state index is 12.3. The number of benzene rings is 2. The molecule has 5 nitrogen and oxygen atoms in total. The largest absolute Gasteiger partial charge is 0.492 e. The molecule has 1 N–H and O–H groups in total. The zero-order valence-electron chi connectivity index (χ0n) is 16.3. The summed E-state index contributed by atoms with van der Waals surface area (Å²) in [6, 6.07) is 19.9. The Balaban J connectivity index is 1.34. The van der Waals surface area contributed by atoms with Crippen molar-refractivity contribution in [2.45, 2.75) is 30.8 Å². The third kappa shape index (κ3) is 5.01. The van der Waals surface area contributed by atoms with Gasteiger partial charge < -0.3 is 10.1 Å². The van der Waals surface area contributed by atoms with Gasteiger partial charge in [-0.05, 0) is 49.9 Å². The molecule has 150 valence electrons. The van der Waals surface area contributed by atoms with E-state index in [2.05, 4.69) is 22.0 Å². The zero-order chi connectivity index (χ0) is 19.9. The minimum absolute atomic E-state index is 0.00718. The highest BCUT2D eigenvalue weighted by atomic mass is 32.2. The summed E-state index contributed by atoms with van der Waals surface area (Å²) in [5.41, 5.74) is 3.59. The molecular formula is C23H25N3O2S. The van der Waals surface area contributed by atoms with Crippen molar-refractivity contribution in [1.82, 2.24) is 14.9 Å². The van der Waals surface area contributed by atoms with Crippen LogP contribution in [0.3, 0.4) is 0 Å². The molecule has 0 saturated carbocycles. The first-order valence-electron chi connectivity index (χ1n) is 10.0. The molecule has 1 aliphatic carbocycles. The Morgan fingerprint density at radius 3 is 2.55 bits per heavy atom. The molecule has 1 heterocycles. The van der Waals surface area contributed by atoms with Crippen LogP contribution in [0.25, 0.3) is 5.69 Å². The minimum Gasteiger partial charge on any atom is -0.492 e. The molecule has 0 saturated heterocycles. The molecule has 29 heavy (non-hydrogen) atoms. The second kappa shape index (κ2) is 9.65. The minimum atomic E-state index is -0.00718. The maximum Gasteiger partial charge on any atom is 0.230 e. The van der Waals surface area contributed by atoms with E-state index in [4.69, 9.17) is 9.72 Å². The number of imidazole rings is 1. The Bertz CT molecular complexity index is 942. The summed E-state index contributed by atoms with van der Waals surface area (Å²) in [5.74, 6) is 1.15. The number of nitrogens with zero attached hydrogens (tertiary/aromatic N) is 2. The molecule has 0 spiro atoms. The standard InChI is InChI=1S/C23H25N3O2S/c27-22(24-15-16-28-19-11-5-2-6-12-19)17-29-23-25-20-13-7-8-14-21(20)26(23)18-9-3-1-4-10-18/h1-6,9-12H,7-8,13-17H2,(H,24,27). The molecular weight excluding hydrogens is 382 g/mol. The van der Waals surface area contributed by atoms with Gasteiger partial charge in [-0.1, -0.05) is 48.2 Å². The Morgan fingerprint density at radius 2 is 1.76 bits per heavy atom. The lowest BCUT2D eigenvalue weighted by Crippen LogP contribution is -2.29. The van der Waals surface area contributed by atoms with Gasteiger partial charge in [0.15, 0.2) is 5.16 Å². The van der Waals surface area contributed by atoms with Crippen molar-refractivity contribution in [3.05, 3.63) is 72.1 Å². The van der Waals surface area contributed by atoms with E-state index in [1.54, 1.807) is 0 Å². The summed E-state index contributed by atoms with van der Waals surface area (Å²) < 4.78 is 7.84. The van der Waals surface area contributed by atoms with Crippen LogP contribution in [-0.2, 0) is 17.6 Å². The van der Waals surface area contributed by atoms with Crippen LogP contribution in [-0.4, -0.2) is 34.4 Å². The van der Waals surface area contributed by atoms with Crippen molar-refractivity contribution in [1.29, 1.82) is 0 Å². The molecule has 4 rings (SSSR count). The van der Waals surface area contributed by atoms with E-state index in [1.807, 2.05) is 48.5 Å². The van der Waals surface area contributed by atoms with E-state index >= 15 is 0 Å². The second-order valence-corrected chi connectivity index (χ2v) is 7.91. The number of aromatic nitrogens is 2. The first-order chi connectivity index (χ1) is 14.3. The van der Waals surface area contributed by atoms with E-state index in [9.17, 15) is 4.79 Å². The van der Waals surface area contributed by atoms with Gasteiger partial charge >= 0.3 is 0 Å². The topological polar surface area (TPSA) is 56.2 Å². The van der Waals surface area contributed by atoms with Gasteiger partial charge in [0.05, 0.1) is 18.0 Å². The number of para-hydroxylation sites is 2. The number of carbonyl (C=O) groups is 1. The van der Waals surface area contributed by atoms with Gasteiger partial charge in [0.2, 0.25) is 5.91 Å². The lowest BCUT2D eigenvalue weighted by molar-refractivity contribution is -0.118. The highest BCUT2D eigenvalue weighted by Crippen LogP contribution is 2.30. The highest BCUT2D eigenvalue weighted by Gasteiger charge is 2.21. The molecule has 0 atom stereocenters. The fraction of sp³-hybridized carbons (Fsp3) is 0.304. The van der Waals surface area contributed by atoms with Crippen LogP contribution in [0.5, 0.6) is 5.75 Å². The number of thioether (sulfide) groups is 1. The lowest BCUT2D eigenvalue weighted by Gasteiger charge is -2.15. The molecule has 1 aromatic heterocycles. The average molecular weight is 408 g/mol. The van der Waals surface area contributed by atoms with Gasteiger partial charge in [-0.25, -0.2) is 4.98 Å². The SMILES string of the molecule is O=C(CSc1nc2c(n1-c1ccccc1)CCCC2)NCCOc1ccccc1. The molecule has 1 aliphatic rings. The predicted octanol–water partition coefficient (Wildman–Crippen LogP) is 4.04. The molecule has 1 amide bonds. The predicted molar refractivity (Wildman–Crippen MR) is 116 cm³/mol.